The van der Waals surface area contributed by atoms with Crippen LogP contribution in [0.5, 0.6) is 0 Å². The second-order valence-corrected chi connectivity index (χ2v) is 8.68. The van der Waals surface area contributed by atoms with Crippen LogP contribution in [0.2, 0.25) is 5.02 Å². The molecule has 0 bridgehead atoms. The number of hydrogen-bond acceptors (Lipinski definition) is 5. The van der Waals surface area contributed by atoms with Crippen molar-refractivity contribution >= 4 is 51.8 Å². The molecule has 0 fully saturated rings. The number of carbonyl (C=O) groups is 4. The van der Waals surface area contributed by atoms with Crippen LogP contribution in [0.15, 0.2) is 71.1 Å². The van der Waals surface area contributed by atoms with Crippen molar-refractivity contribution in [3.8, 4) is 0 Å². The van der Waals surface area contributed by atoms with Gasteiger partial charge in [0.15, 0.2) is 5.76 Å². The number of fused-ring (bicyclic) bond motifs is 2. The van der Waals surface area contributed by atoms with Crippen LogP contribution in [0.4, 0.5) is 10.1 Å². The van der Waals surface area contributed by atoms with E-state index in [9.17, 15) is 23.6 Å². The van der Waals surface area contributed by atoms with Gasteiger partial charge in [-0.05, 0) is 61.0 Å². The van der Waals surface area contributed by atoms with Crippen molar-refractivity contribution in [2.45, 2.75) is 12.8 Å². The Labute approximate surface area is 209 Å². The van der Waals surface area contributed by atoms with E-state index in [1.807, 2.05) is 0 Å². The fraction of sp³-hybridized carbons (Fsp3) is 0.111. The zero-order chi connectivity index (χ0) is 25.4. The fourth-order valence-corrected chi connectivity index (χ4v) is 4.30. The summed E-state index contributed by atoms with van der Waals surface area (Å²) in [7, 11) is 0. The van der Waals surface area contributed by atoms with E-state index >= 15 is 0 Å². The number of nitrogens with zero attached hydrogens (tertiary/aromatic N) is 1. The van der Waals surface area contributed by atoms with Gasteiger partial charge in [-0.2, -0.15) is 0 Å². The van der Waals surface area contributed by atoms with Gasteiger partial charge in [0.2, 0.25) is 11.7 Å². The molecular formula is C27H18ClFN2O5. The Balaban J connectivity index is 1.33. The lowest BCUT2D eigenvalue weighted by molar-refractivity contribution is -0.116. The Hall–Kier alpha value is -4.30. The number of carbonyl (C=O) groups excluding carboxylic acids is 4. The average molecular weight is 505 g/mol. The van der Waals surface area contributed by atoms with Gasteiger partial charge in [0.1, 0.15) is 11.4 Å². The maximum atomic E-state index is 13.3. The maximum absolute atomic E-state index is 13.3. The van der Waals surface area contributed by atoms with E-state index in [1.54, 1.807) is 42.5 Å². The number of furan rings is 1. The molecule has 3 aromatic carbocycles. The van der Waals surface area contributed by atoms with Gasteiger partial charge in [-0.15, -0.1) is 0 Å². The van der Waals surface area contributed by atoms with Crippen molar-refractivity contribution in [1.82, 2.24) is 4.90 Å². The molecule has 7 nitrogen and oxygen atoms in total. The van der Waals surface area contributed by atoms with Gasteiger partial charge in [0.05, 0.1) is 16.8 Å². The van der Waals surface area contributed by atoms with E-state index in [4.69, 9.17) is 16.0 Å². The molecule has 5 rings (SSSR count). The molecule has 36 heavy (non-hydrogen) atoms. The largest absolute Gasteiger partial charge is 0.450 e. The molecule has 0 saturated carbocycles. The van der Waals surface area contributed by atoms with Crippen LogP contribution < -0.4 is 5.32 Å². The molecule has 2 heterocycles. The van der Waals surface area contributed by atoms with Crippen molar-refractivity contribution in [2.24, 2.45) is 0 Å². The zero-order valence-corrected chi connectivity index (χ0v) is 19.5. The summed E-state index contributed by atoms with van der Waals surface area (Å²) in [6.07, 6.45) is 0.194. The highest BCUT2D eigenvalue weighted by molar-refractivity contribution is 6.31. The Morgan fingerprint density at radius 2 is 1.61 bits per heavy atom. The SMILES string of the molecule is O=C(CCCN1C(=O)c2ccccc2C1=O)Nc1c(C(=O)c2ccc(F)cc2)oc2ccc(Cl)cc12. The summed E-state index contributed by atoms with van der Waals surface area (Å²) in [5.41, 5.74) is 1.36. The molecule has 0 unspecified atom stereocenters. The van der Waals surface area contributed by atoms with Crippen LogP contribution >= 0.6 is 11.6 Å². The first-order chi connectivity index (χ1) is 17.3. The molecule has 4 aromatic rings. The van der Waals surface area contributed by atoms with E-state index in [-0.39, 0.29) is 36.4 Å². The second kappa shape index (κ2) is 9.39. The highest BCUT2D eigenvalue weighted by atomic mass is 35.5. The summed E-state index contributed by atoms with van der Waals surface area (Å²) in [5.74, 6) is -2.37. The van der Waals surface area contributed by atoms with Crippen LogP contribution in [0.3, 0.4) is 0 Å². The number of benzene rings is 3. The molecule has 0 spiro atoms. The standard InChI is InChI=1S/C27H18ClFN2O5/c28-16-9-12-21-20(14-16)23(25(36-21)24(33)15-7-10-17(29)11-8-15)30-22(32)6-3-13-31-26(34)18-4-1-2-5-19(18)27(31)35/h1-2,4-5,7-12,14H,3,6,13H2,(H,30,32). The molecule has 1 aliphatic heterocycles. The smallest absolute Gasteiger partial charge is 0.261 e. The second-order valence-electron chi connectivity index (χ2n) is 8.24. The lowest BCUT2D eigenvalue weighted by Gasteiger charge is -2.13. The summed E-state index contributed by atoms with van der Waals surface area (Å²) in [6.45, 7) is 0.0685. The Morgan fingerprint density at radius 1 is 0.944 bits per heavy atom. The van der Waals surface area contributed by atoms with Crippen molar-refractivity contribution in [1.29, 1.82) is 0 Å². The third-order valence-corrected chi connectivity index (χ3v) is 6.13. The van der Waals surface area contributed by atoms with Crippen molar-refractivity contribution in [2.75, 3.05) is 11.9 Å². The zero-order valence-electron chi connectivity index (χ0n) is 18.7. The summed E-state index contributed by atoms with van der Waals surface area (Å²) < 4.78 is 19.1. The van der Waals surface area contributed by atoms with Gasteiger partial charge < -0.3 is 9.73 Å². The highest BCUT2D eigenvalue weighted by Gasteiger charge is 2.34. The quantitative estimate of drug-likeness (QED) is 0.266. The summed E-state index contributed by atoms with van der Waals surface area (Å²) in [4.78, 5) is 52.1. The maximum Gasteiger partial charge on any atom is 0.261 e. The first-order valence-corrected chi connectivity index (χ1v) is 11.5. The minimum absolute atomic E-state index is 0.0230. The van der Waals surface area contributed by atoms with Crippen molar-refractivity contribution < 1.29 is 28.0 Å². The van der Waals surface area contributed by atoms with E-state index in [0.717, 1.165) is 17.0 Å². The van der Waals surface area contributed by atoms with Gasteiger partial charge in [-0.25, -0.2) is 4.39 Å². The van der Waals surface area contributed by atoms with E-state index in [2.05, 4.69) is 5.32 Å². The first-order valence-electron chi connectivity index (χ1n) is 11.1. The first kappa shape index (κ1) is 23.4. The Morgan fingerprint density at radius 3 is 2.28 bits per heavy atom. The summed E-state index contributed by atoms with van der Waals surface area (Å²) in [5, 5.41) is 3.53. The molecule has 0 radical (unpaired) electrons. The van der Waals surface area contributed by atoms with Gasteiger partial charge >= 0.3 is 0 Å². The van der Waals surface area contributed by atoms with Crippen LogP contribution in [-0.4, -0.2) is 34.9 Å². The molecule has 1 aliphatic rings. The summed E-state index contributed by atoms with van der Waals surface area (Å²) in [6, 6.07) is 16.3. The van der Waals surface area contributed by atoms with Crippen LogP contribution in [-0.2, 0) is 4.79 Å². The predicted molar refractivity (Wildman–Crippen MR) is 131 cm³/mol. The molecule has 3 amide bonds. The number of rotatable bonds is 7. The van der Waals surface area contributed by atoms with Gasteiger partial charge in [0.25, 0.3) is 11.8 Å². The van der Waals surface area contributed by atoms with E-state index in [1.165, 1.54) is 12.1 Å². The Bertz CT molecular complexity index is 1510. The molecular weight excluding hydrogens is 487 g/mol. The lowest BCUT2D eigenvalue weighted by Crippen LogP contribution is -2.31. The molecule has 0 atom stereocenters. The molecule has 0 aliphatic carbocycles. The lowest BCUT2D eigenvalue weighted by atomic mass is 10.1. The minimum Gasteiger partial charge on any atom is -0.450 e. The molecule has 9 heteroatoms. The number of anilines is 1. The topological polar surface area (TPSA) is 96.7 Å². The molecule has 1 N–H and O–H groups in total. The van der Waals surface area contributed by atoms with Crippen LogP contribution in [0.1, 0.15) is 49.7 Å². The van der Waals surface area contributed by atoms with E-state index < -0.39 is 29.3 Å². The number of hydrogen-bond donors (Lipinski definition) is 1. The summed E-state index contributed by atoms with van der Waals surface area (Å²) >= 11 is 6.12. The van der Waals surface area contributed by atoms with Crippen LogP contribution in [0, 0.1) is 5.82 Å². The average Bonchev–Trinajstić information content (AvgIpc) is 3.34. The number of imide groups is 1. The van der Waals surface area contributed by atoms with Gasteiger partial charge in [-0.3, -0.25) is 24.1 Å². The van der Waals surface area contributed by atoms with E-state index in [0.29, 0.717) is 27.1 Å². The molecule has 0 saturated heterocycles. The predicted octanol–water partition coefficient (Wildman–Crippen LogP) is 5.47. The third-order valence-electron chi connectivity index (χ3n) is 5.89. The number of nitrogens with one attached hydrogen (secondary N) is 1. The number of amides is 3. The van der Waals surface area contributed by atoms with Gasteiger partial charge in [0, 0.05) is 28.9 Å². The Kier molecular flexibility index (Phi) is 6.12. The number of ketones is 1. The van der Waals surface area contributed by atoms with Crippen molar-refractivity contribution in [3.05, 3.63) is 100 Å². The van der Waals surface area contributed by atoms with Crippen molar-refractivity contribution in [3.63, 3.8) is 0 Å². The third kappa shape index (κ3) is 4.27. The fourth-order valence-electron chi connectivity index (χ4n) is 4.13. The van der Waals surface area contributed by atoms with Gasteiger partial charge in [-0.1, -0.05) is 23.7 Å². The molecule has 1 aromatic heterocycles. The molecule has 180 valence electrons. The van der Waals surface area contributed by atoms with Crippen LogP contribution in [0.25, 0.3) is 11.0 Å². The number of halogens is 2. The monoisotopic (exact) mass is 504 g/mol. The normalized spacial score (nSPS) is 12.8. The highest BCUT2D eigenvalue weighted by Crippen LogP contribution is 2.34. The minimum atomic E-state index is -0.538.